The lowest BCUT2D eigenvalue weighted by Gasteiger charge is -2.05. The fourth-order valence-electron chi connectivity index (χ4n) is 2.70. The molecule has 7 heteroatoms. The van der Waals surface area contributed by atoms with Crippen LogP contribution in [0.15, 0.2) is 65.5 Å². The van der Waals surface area contributed by atoms with Crippen molar-refractivity contribution in [3.8, 4) is 0 Å². The summed E-state index contributed by atoms with van der Waals surface area (Å²) in [4.78, 5) is 27.1. The Labute approximate surface area is 152 Å². The summed E-state index contributed by atoms with van der Waals surface area (Å²) in [6.45, 7) is 0. The van der Waals surface area contributed by atoms with Crippen LogP contribution in [0.3, 0.4) is 0 Å². The SMILES string of the molecule is O=C(Nc1nnc(Cc2ccccc2)s1)c1cc(=O)[nH]c2ccccc12. The van der Waals surface area contributed by atoms with E-state index >= 15 is 0 Å². The second kappa shape index (κ2) is 6.89. The minimum atomic E-state index is -0.380. The lowest BCUT2D eigenvalue weighted by Crippen LogP contribution is -2.16. The molecule has 128 valence electrons. The average molecular weight is 362 g/mol. The Morgan fingerprint density at radius 3 is 2.65 bits per heavy atom. The molecule has 0 aliphatic heterocycles. The third-order valence-corrected chi connectivity index (χ3v) is 4.72. The number of hydrogen-bond acceptors (Lipinski definition) is 5. The molecule has 4 rings (SSSR count). The van der Waals surface area contributed by atoms with Gasteiger partial charge in [0, 0.05) is 23.4 Å². The number of aromatic amines is 1. The summed E-state index contributed by atoms with van der Waals surface area (Å²) in [7, 11) is 0. The number of anilines is 1. The Kier molecular flexibility index (Phi) is 4.28. The number of hydrogen-bond donors (Lipinski definition) is 2. The zero-order chi connectivity index (χ0) is 17.9. The minimum Gasteiger partial charge on any atom is -0.322 e. The van der Waals surface area contributed by atoms with Crippen molar-refractivity contribution in [1.29, 1.82) is 0 Å². The molecule has 4 aromatic rings. The van der Waals surface area contributed by atoms with Gasteiger partial charge in [0.25, 0.3) is 5.91 Å². The number of H-pyrrole nitrogens is 1. The van der Waals surface area contributed by atoms with E-state index in [1.165, 1.54) is 17.4 Å². The molecule has 1 amide bonds. The summed E-state index contributed by atoms with van der Waals surface area (Å²) < 4.78 is 0. The number of nitrogens with one attached hydrogen (secondary N) is 2. The number of nitrogens with zero attached hydrogens (tertiary/aromatic N) is 2. The van der Waals surface area contributed by atoms with Gasteiger partial charge in [-0.15, -0.1) is 10.2 Å². The predicted octanol–water partition coefficient (Wildman–Crippen LogP) is 3.22. The van der Waals surface area contributed by atoms with E-state index in [4.69, 9.17) is 0 Å². The van der Waals surface area contributed by atoms with Crippen molar-refractivity contribution in [3.05, 3.63) is 87.2 Å². The maximum Gasteiger partial charge on any atom is 0.258 e. The Hall–Kier alpha value is -3.32. The quantitative estimate of drug-likeness (QED) is 0.583. The summed E-state index contributed by atoms with van der Waals surface area (Å²) in [5, 5.41) is 12.8. The van der Waals surface area contributed by atoms with Gasteiger partial charge in [-0.3, -0.25) is 14.9 Å². The number of amides is 1. The lowest BCUT2D eigenvalue weighted by molar-refractivity contribution is 0.102. The first-order chi connectivity index (χ1) is 12.7. The number of rotatable bonds is 4. The van der Waals surface area contributed by atoms with Gasteiger partial charge in [-0.25, -0.2) is 0 Å². The number of carbonyl (C=O) groups is 1. The second-order valence-electron chi connectivity index (χ2n) is 5.71. The van der Waals surface area contributed by atoms with Gasteiger partial charge >= 0.3 is 0 Å². The summed E-state index contributed by atoms with van der Waals surface area (Å²) in [5.74, 6) is -0.380. The predicted molar refractivity (Wildman–Crippen MR) is 102 cm³/mol. The fraction of sp³-hybridized carbons (Fsp3) is 0.0526. The molecule has 0 bridgehead atoms. The van der Waals surface area contributed by atoms with Crippen molar-refractivity contribution in [2.75, 3.05) is 5.32 Å². The van der Waals surface area contributed by atoms with Gasteiger partial charge in [0.1, 0.15) is 5.01 Å². The van der Waals surface area contributed by atoms with Crippen LogP contribution in [0.4, 0.5) is 5.13 Å². The molecule has 2 aromatic heterocycles. The molecule has 0 unspecified atom stereocenters. The van der Waals surface area contributed by atoms with Crippen molar-refractivity contribution in [1.82, 2.24) is 15.2 Å². The average Bonchev–Trinajstić information content (AvgIpc) is 3.08. The van der Waals surface area contributed by atoms with Crippen LogP contribution in [0.5, 0.6) is 0 Å². The van der Waals surface area contributed by atoms with Crippen LogP contribution in [0.2, 0.25) is 0 Å². The number of aromatic nitrogens is 3. The van der Waals surface area contributed by atoms with Crippen LogP contribution in [-0.4, -0.2) is 21.1 Å². The number of para-hydroxylation sites is 1. The first-order valence-corrected chi connectivity index (χ1v) is 8.80. The highest BCUT2D eigenvalue weighted by Crippen LogP contribution is 2.21. The molecule has 6 nitrogen and oxygen atoms in total. The largest absolute Gasteiger partial charge is 0.322 e. The van der Waals surface area contributed by atoms with E-state index < -0.39 is 0 Å². The molecule has 26 heavy (non-hydrogen) atoms. The van der Waals surface area contributed by atoms with Gasteiger partial charge in [-0.1, -0.05) is 59.9 Å². The molecular formula is C19H14N4O2S. The Morgan fingerprint density at radius 2 is 1.81 bits per heavy atom. The van der Waals surface area contributed by atoms with Gasteiger partial charge < -0.3 is 4.98 Å². The van der Waals surface area contributed by atoms with Gasteiger partial charge in [-0.2, -0.15) is 0 Å². The highest BCUT2D eigenvalue weighted by atomic mass is 32.1. The molecule has 0 aliphatic rings. The Morgan fingerprint density at radius 1 is 1.04 bits per heavy atom. The van der Waals surface area contributed by atoms with Gasteiger partial charge in [-0.05, 0) is 11.6 Å². The third kappa shape index (κ3) is 3.38. The summed E-state index contributed by atoms with van der Waals surface area (Å²) in [5.41, 5.74) is 1.73. The van der Waals surface area contributed by atoms with Crippen LogP contribution in [0.25, 0.3) is 10.9 Å². The molecule has 0 atom stereocenters. The maximum atomic E-state index is 12.6. The van der Waals surface area contributed by atoms with Crippen molar-refractivity contribution in [2.24, 2.45) is 0 Å². The van der Waals surface area contributed by atoms with E-state index in [0.29, 0.717) is 28.0 Å². The number of benzene rings is 2. The molecule has 0 saturated heterocycles. The topological polar surface area (TPSA) is 87.7 Å². The van der Waals surface area contributed by atoms with Crippen LogP contribution >= 0.6 is 11.3 Å². The minimum absolute atomic E-state index is 0.309. The highest BCUT2D eigenvalue weighted by Gasteiger charge is 2.14. The van der Waals surface area contributed by atoms with Crippen molar-refractivity contribution in [2.45, 2.75) is 6.42 Å². The molecule has 2 aromatic carbocycles. The van der Waals surface area contributed by atoms with Gasteiger partial charge in [0.15, 0.2) is 0 Å². The summed E-state index contributed by atoms with van der Waals surface area (Å²) in [6.07, 6.45) is 0.655. The van der Waals surface area contributed by atoms with E-state index in [1.54, 1.807) is 18.2 Å². The maximum absolute atomic E-state index is 12.6. The summed E-state index contributed by atoms with van der Waals surface area (Å²) in [6, 6.07) is 18.4. The van der Waals surface area contributed by atoms with E-state index in [2.05, 4.69) is 20.5 Å². The zero-order valence-corrected chi connectivity index (χ0v) is 14.4. The zero-order valence-electron chi connectivity index (χ0n) is 13.6. The van der Waals surface area contributed by atoms with E-state index in [-0.39, 0.29) is 11.5 Å². The molecule has 2 heterocycles. The molecule has 0 saturated carbocycles. The smallest absolute Gasteiger partial charge is 0.258 e. The second-order valence-corrected chi connectivity index (χ2v) is 6.77. The van der Waals surface area contributed by atoms with Gasteiger partial charge in [0.05, 0.1) is 5.56 Å². The monoisotopic (exact) mass is 362 g/mol. The lowest BCUT2D eigenvalue weighted by atomic mass is 10.1. The third-order valence-electron chi connectivity index (χ3n) is 3.88. The molecule has 0 radical (unpaired) electrons. The molecule has 0 aliphatic carbocycles. The summed E-state index contributed by atoms with van der Waals surface area (Å²) >= 11 is 1.32. The number of pyridine rings is 1. The normalized spacial score (nSPS) is 10.8. The van der Waals surface area contributed by atoms with E-state index in [1.807, 2.05) is 36.4 Å². The van der Waals surface area contributed by atoms with Crippen molar-refractivity contribution in [3.63, 3.8) is 0 Å². The van der Waals surface area contributed by atoms with Crippen molar-refractivity contribution >= 4 is 33.3 Å². The van der Waals surface area contributed by atoms with Crippen LogP contribution in [-0.2, 0) is 6.42 Å². The highest BCUT2D eigenvalue weighted by molar-refractivity contribution is 7.15. The number of carbonyl (C=O) groups excluding carboxylic acids is 1. The van der Waals surface area contributed by atoms with Crippen LogP contribution in [0.1, 0.15) is 20.9 Å². The number of fused-ring (bicyclic) bond motifs is 1. The van der Waals surface area contributed by atoms with Crippen LogP contribution in [0, 0.1) is 0 Å². The first-order valence-electron chi connectivity index (χ1n) is 7.99. The standard InChI is InChI=1S/C19H14N4O2S/c24-16-11-14(13-8-4-5-9-15(13)20-16)18(25)21-19-23-22-17(26-19)10-12-6-2-1-3-7-12/h1-9,11H,10H2,(H,20,24)(H,21,23,25). The van der Waals surface area contributed by atoms with E-state index in [0.717, 1.165) is 10.6 Å². The molecule has 2 N–H and O–H groups in total. The molecular weight excluding hydrogens is 348 g/mol. The van der Waals surface area contributed by atoms with E-state index in [9.17, 15) is 9.59 Å². The van der Waals surface area contributed by atoms with Crippen LogP contribution < -0.4 is 10.9 Å². The molecule has 0 spiro atoms. The fourth-order valence-corrected chi connectivity index (χ4v) is 3.47. The first kappa shape index (κ1) is 16.2. The van der Waals surface area contributed by atoms with Gasteiger partial charge in [0.2, 0.25) is 10.7 Å². The van der Waals surface area contributed by atoms with Crippen molar-refractivity contribution < 1.29 is 4.79 Å². The Bertz CT molecular complexity index is 1130. The Balaban J connectivity index is 1.57. The molecule has 0 fully saturated rings.